The third kappa shape index (κ3) is 6.93. The molecule has 0 saturated heterocycles. The van der Waals surface area contributed by atoms with Crippen LogP contribution in [0.5, 0.6) is 0 Å². The van der Waals surface area contributed by atoms with Gasteiger partial charge in [0.15, 0.2) is 0 Å². The van der Waals surface area contributed by atoms with E-state index in [-0.39, 0.29) is 0 Å². The Morgan fingerprint density at radius 3 is 0.778 bits per heavy atom. The standard InChI is InChI=1S/C7H14.H2Se2/c1-2-4-6-7-5-3-1;1-2/h1-7H2;1H2. The average Bonchev–Trinajstić information content (AvgIpc) is 2.21. The molecule has 2 heteroatoms. The van der Waals surface area contributed by atoms with Gasteiger partial charge in [-0.2, -0.15) is 0 Å². The molecule has 0 heterocycles. The van der Waals surface area contributed by atoms with Gasteiger partial charge in [0.25, 0.3) is 0 Å². The predicted octanol–water partition coefficient (Wildman–Crippen LogP) is 1.43. The van der Waals surface area contributed by atoms with Crippen LogP contribution in [0.4, 0.5) is 0 Å². The van der Waals surface area contributed by atoms with Crippen LogP contribution in [0, 0.1) is 0 Å². The molecule has 0 radical (unpaired) electrons. The van der Waals surface area contributed by atoms with Crippen molar-refractivity contribution >= 4 is 27.3 Å². The van der Waals surface area contributed by atoms with Gasteiger partial charge in [0.2, 0.25) is 0 Å². The molecule has 1 aliphatic carbocycles. The summed E-state index contributed by atoms with van der Waals surface area (Å²) in [7, 11) is 0. The summed E-state index contributed by atoms with van der Waals surface area (Å²) in [6, 6.07) is 0. The van der Waals surface area contributed by atoms with Crippen LogP contribution in [-0.2, 0) is 0 Å². The van der Waals surface area contributed by atoms with Gasteiger partial charge in [-0.1, -0.05) is 44.9 Å². The molecule has 0 aliphatic heterocycles. The maximum atomic E-state index is 2.62. The van der Waals surface area contributed by atoms with Crippen LogP contribution in [0.15, 0.2) is 0 Å². The van der Waals surface area contributed by atoms with Gasteiger partial charge in [-0.05, 0) is 0 Å². The molecule has 1 rings (SSSR count). The normalized spacial score (nSPS) is 19.2. The summed E-state index contributed by atoms with van der Waals surface area (Å²) in [5.74, 6) is 0. The summed E-state index contributed by atoms with van der Waals surface area (Å²) in [5.41, 5.74) is 0. The molecule has 1 fully saturated rings. The van der Waals surface area contributed by atoms with Crippen LogP contribution >= 0.6 is 0 Å². The molecule has 0 aromatic carbocycles. The second-order valence-electron chi connectivity index (χ2n) is 2.47. The zero-order valence-electron chi connectivity index (χ0n) is 5.86. The fourth-order valence-electron chi connectivity index (χ4n) is 1.24. The first-order chi connectivity index (χ1) is 4.50. The van der Waals surface area contributed by atoms with Gasteiger partial charge in [0.1, 0.15) is 0 Å². The topological polar surface area (TPSA) is 0 Å². The zero-order valence-corrected chi connectivity index (χ0v) is 9.67. The molecule has 0 bridgehead atoms. The number of hydrogen-bond acceptors (Lipinski definition) is 0. The van der Waals surface area contributed by atoms with Crippen molar-refractivity contribution in [3.05, 3.63) is 0 Å². The van der Waals surface area contributed by atoms with E-state index in [2.05, 4.69) is 13.7 Å². The molecule has 1 saturated carbocycles. The first-order valence-corrected chi connectivity index (χ1v) is 9.01. The first-order valence-electron chi connectivity index (χ1n) is 3.70. The molecular formula is C7H16Se2. The molecule has 0 spiro atoms. The Hall–Kier alpha value is 1.04. The van der Waals surface area contributed by atoms with Gasteiger partial charge in [0.05, 0.1) is 0 Å². The van der Waals surface area contributed by atoms with Gasteiger partial charge in [-0.15, -0.1) is 0 Å². The van der Waals surface area contributed by atoms with Crippen LogP contribution < -0.4 is 0 Å². The van der Waals surface area contributed by atoms with Crippen molar-refractivity contribution in [3.63, 3.8) is 0 Å². The zero-order chi connectivity index (χ0) is 6.95. The van der Waals surface area contributed by atoms with Crippen molar-refractivity contribution in [2.24, 2.45) is 0 Å². The molecule has 0 unspecified atom stereocenters. The van der Waals surface area contributed by atoms with Crippen molar-refractivity contribution in [2.45, 2.75) is 44.9 Å². The third-order valence-corrected chi connectivity index (χ3v) is 1.75. The van der Waals surface area contributed by atoms with Crippen LogP contribution in [-0.4, -0.2) is 27.3 Å². The Kier molecular flexibility index (Phi) is 10.1. The van der Waals surface area contributed by atoms with Crippen molar-refractivity contribution in [3.8, 4) is 0 Å². The van der Waals surface area contributed by atoms with Crippen LogP contribution in [0.2, 0.25) is 0 Å². The van der Waals surface area contributed by atoms with Crippen molar-refractivity contribution in [1.82, 2.24) is 0 Å². The van der Waals surface area contributed by atoms with E-state index >= 15 is 0 Å². The van der Waals surface area contributed by atoms with E-state index in [1.807, 2.05) is 13.7 Å². The molecule has 0 nitrogen and oxygen atoms in total. The molecule has 0 N–H and O–H groups in total. The van der Waals surface area contributed by atoms with E-state index in [4.69, 9.17) is 0 Å². The van der Waals surface area contributed by atoms with E-state index in [0.717, 1.165) is 0 Å². The maximum absolute atomic E-state index is 2.62. The van der Waals surface area contributed by atoms with Crippen LogP contribution in [0.1, 0.15) is 44.9 Å². The van der Waals surface area contributed by atoms with E-state index < -0.39 is 0 Å². The summed E-state index contributed by atoms with van der Waals surface area (Å²) in [6.07, 6.45) is 10.5. The fraction of sp³-hybridized carbons (Fsp3) is 1.00. The Balaban J connectivity index is 0.000000291. The first kappa shape index (κ1) is 10.0. The summed E-state index contributed by atoms with van der Waals surface area (Å²) in [6.45, 7) is 0. The van der Waals surface area contributed by atoms with Gasteiger partial charge in [-0.3, -0.25) is 0 Å². The Bertz CT molecular complexity index is 35.2. The van der Waals surface area contributed by atoms with Crippen molar-refractivity contribution in [1.29, 1.82) is 0 Å². The quantitative estimate of drug-likeness (QED) is 0.455. The van der Waals surface area contributed by atoms with Gasteiger partial charge < -0.3 is 0 Å². The molecule has 9 heavy (non-hydrogen) atoms. The van der Waals surface area contributed by atoms with Crippen LogP contribution in [0.25, 0.3) is 0 Å². The molecule has 1 aliphatic rings. The molecule has 0 aromatic rings. The van der Waals surface area contributed by atoms with E-state index in [9.17, 15) is 0 Å². The van der Waals surface area contributed by atoms with E-state index in [1.165, 1.54) is 44.9 Å². The molecule has 56 valence electrons. The number of hydrogen-bond donors (Lipinski definition) is 0. The van der Waals surface area contributed by atoms with Gasteiger partial charge in [-0.25, -0.2) is 0 Å². The van der Waals surface area contributed by atoms with E-state index in [0.29, 0.717) is 0 Å². The minimum absolute atomic E-state index is 1.50. The predicted molar refractivity (Wildman–Crippen MR) is 46.6 cm³/mol. The SMILES string of the molecule is C1CCCCCC1.[Se]=[SeH2]. The summed E-state index contributed by atoms with van der Waals surface area (Å²) >= 11 is 4.50. The molecular weight excluding hydrogens is 242 g/mol. The molecule has 0 aromatic heterocycles. The number of rotatable bonds is 0. The van der Waals surface area contributed by atoms with Gasteiger partial charge in [0, 0.05) is 0 Å². The summed E-state index contributed by atoms with van der Waals surface area (Å²) in [5, 5.41) is 0. The Labute approximate surface area is 72.3 Å². The van der Waals surface area contributed by atoms with Crippen molar-refractivity contribution in [2.75, 3.05) is 0 Å². The third-order valence-electron chi connectivity index (χ3n) is 1.75. The van der Waals surface area contributed by atoms with Gasteiger partial charge >= 0.3 is 27.3 Å². The minimum atomic E-state index is 1.50. The van der Waals surface area contributed by atoms with E-state index in [1.54, 1.807) is 0 Å². The molecule has 0 amide bonds. The second-order valence-corrected chi connectivity index (χ2v) is 2.47. The Morgan fingerprint density at radius 1 is 0.556 bits per heavy atom. The summed E-state index contributed by atoms with van der Waals surface area (Å²) < 4.78 is 0. The fourth-order valence-corrected chi connectivity index (χ4v) is 1.24. The Morgan fingerprint density at radius 2 is 0.667 bits per heavy atom. The average molecular weight is 258 g/mol. The monoisotopic (exact) mass is 260 g/mol. The second kappa shape index (κ2) is 9.04. The van der Waals surface area contributed by atoms with Crippen molar-refractivity contribution < 1.29 is 0 Å². The van der Waals surface area contributed by atoms with Crippen LogP contribution in [0.3, 0.4) is 0 Å². The molecule has 0 atom stereocenters. The summed E-state index contributed by atoms with van der Waals surface area (Å²) in [4.78, 5) is 0.